The van der Waals surface area contributed by atoms with Gasteiger partial charge < -0.3 is 0 Å². The molecule has 0 bridgehead atoms. The summed E-state index contributed by atoms with van der Waals surface area (Å²) in [4.78, 5) is 12.1. The highest BCUT2D eigenvalue weighted by atomic mass is 35.5. The van der Waals surface area contributed by atoms with Crippen LogP contribution in [0.2, 0.25) is 5.02 Å². The van der Waals surface area contributed by atoms with Crippen molar-refractivity contribution in [1.29, 1.82) is 0 Å². The van der Waals surface area contributed by atoms with Gasteiger partial charge in [-0.1, -0.05) is 23.7 Å². The fraction of sp³-hybridized carbons (Fsp3) is 0.133. The molecule has 0 aliphatic carbocycles. The third kappa shape index (κ3) is 3.18. The van der Waals surface area contributed by atoms with Gasteiger partial charge in [-0.3, -0.25) is 4.79 Å². The van der Waals surface area contributed by atoms with Gasteiger partial charge in [0, 0.05) is 12.0 Å². The molecule has 0 aromatic heterocycles. The average molecular weight is 281 g/mol. The third-order valence-electron chi connectivity index (χ3n) is 2.85. The largest absolute Gasteiger partial charge is 0.294 e. The summed E-state index contributed by atoms with van der Waals surface area (Å²) in [6.07, 6.45) is 0.0598. The van der Waals surface area contributed by atoms with Gasteiger partial charge in [-0.05, 0) is 42.3 Å². The second-order valence-electron chi connectivity index (χ2n) is 4.31. The Morgan fingerprint density at radius 2 is 1.89 bits per heavy atom. The normalized spacial score (nSPS) is 10.5. The molecule has 98 valence electrons. The molecule has 0 saturated carbocycles. The Hall–Kier alpha value is -1.74. The highest BCUT2D eigenvalue weighted by molar-refractivity contribution is 6.30. The quantitative estimate of drug-likeness (QED) is 0.764. The van der Waals surface area contributed by atoms with E-state index in [-0.39, 0.29) is 17.2 Å². The summed E-state index contributed by atoms with van der Waals surface area (Å²) in [6, 6.07) is 8.18. The molecular weight excluding hydrogens is 270 g/mol. The summed E-state index contributed by atoms with van der Waals surface area (Å²) in [5.74, 6) is -1.20. The molecule has 0 unspecified atom stereocenters. The fourth-order valence-electron chi connectivity index (χ4n) is 1.82. The molecule has 0 atom stereocenters. The van der Waals surface area contributed by atoms with E-state index in [1.54, 1.807) is 13.0 Å². The Labute approximate surface area is 114 Å². The van der Waals surface area contributed by atoms with Gasteiger partial charge in [0.15, 0.2) is 5.78 Å². The van der Waals surface area contributed by atoms with Crippen LogP contribution < -0.4 is 0 Å². The second-order valence-corrected chi connectivity index (χ2v) is 4.71. The molecule has 0 amide bonds. The molecule has 4 heteroatoms. The maximum Gasteiger partial charge on any atom is 0.167 e. The van der Waals surface area contributed by atoms with Gasteiger partial charge in [0.05, 0.1) is 5.02 Å². The van der Waals surface area contributed by atoms with Crippen molar-refractivity contribution in [1.82, 2.24) is 0 Å². The van der Waals surface area contributed by atoms with Crippen molar-refractivity contribution in [2.45, 2.75) is 13.3 Å². The number of carbonyl (C=O) groups excluding carboxylic acids is 1. The van der Waals surface area contributed by atoms with E-state index in [0.717, 1.165) is 0 Å². The van der Waals surface area contributed by atoms with Gasteiger partial charge in [0.25, 0.3) is 0 Å². The van der Waals surface area contributed by atoms with Gasteiger partial charge >= 0.3 is 0 Å². The molecule has 0 heterocycles. The second kappa shape index (κ2) is 5.49. The highest BCUT2D eigenvalue weighted by Gasteiger charge is 2.12. The zero-order chi connectivity index (χ0) is 14.0. The molecule has 2 rings (SSSR count). The van der Waals surface area contributed by atoms with Crippen LogP contribution in [0.5, 0.6) is 0 Å². The lowest BCUT2D eigenvalue weighted by molar-refractivity contribution is 0.0992. The monoisotopic (exact) mass is 280 g/mol. The maximum absolute atomic E-state index is 13.1. The van der Waals surface area contributed by atoms with Crippen LogP contribution in [0, 0.1) is 18.6 Å². The van der Waals surface area contributed by atoms with Crippen molar-refractivity contribution >= 4 is 17.4 Å². The van der Waals surface area contributed by atoms with Crippen LogP contribution in [0.25, 0.3) is 0 Å². The van der Waals surface area contributed by atoms with E-state index < -0.39 is 11.6 Å². The third-order valence-corrected chi connectivity index (χ3v) is 3.14. The first-order valence-corrected chi connectivity index (χ1v) is 6.08. The van der Waals surface area contributed by atoms with Crippen LogP contribution in [0.15, 0.2) is 36.4 Å². The lowest BCUT2D eigenvalue weighted by Crippen LogP contribution is -2.06. The number of carbonyl (C=O) groups is 1. The molecule has 0 aliphatic heterocycles. The predicted molar refractivity (Wildman–Crippen MR) is 70.6 cm³/mol. The molecule has 0 saturated heterocycles. The van der Waals surface area contributed by atoms with Gasteiger partial charge in [-0.15, -0.1) is 0 Å². The van der Waals surface area contributed by atoms with E-state index in [0.29, 0.717) is 16.7 Å². The smallest absolute Gasteiger partial charge is 0.167 e. The number of aryl methyl sites for hydroxylation is 1. The number of halogens is 3. The number of Topliss-reactive ketones (excluding diaryl/α,β-unsaturated/α-hetero) is 1. The zero-order valence-electron chi connectivity index (χ0n) is 10.2. The summed E-state index contributed by atoms with van der Waals surface area (Å²) in [5.41, 5.74) is 1.64. The molecule has 2 aromatic rings. The van der Waals surface area contributed by atoms with Crippen LogP contribution in [0.4, 0.5) is 8.78 Å². The fourth-order valence-corrected chi connectivity index (χ4v) is 2.03. The van der Waals surface area contributed by atoms with Crippen molar-refractivity contribution in [3.05, 3.63) is 69.7 Å². The summed E-state index contributed by atoms with van der Waals surface area (Å²) < 4.78 is 26.2. The summed E-state index contributed by atoms with van der Waals surface area (Å²) in [7, 11) is 0. The molecule has 0 N–H and O–H groups in total. The van der Waals surface area contributed by atoms with Crippen molar-refractivity contribution < 1.29 is 13.6 Å². The first-order valence-electron chi connectivity index (χ1n) is 5.70. The Kier molecular flexibility index (Phi) is 3.96. The highest BCUT2D eigenvalue weighted by Crippen LogP contribution is 2.19. The number of hydrogen-bond acceptors (Lipinski definition) is 1. The van der Waals surface area contributed by atoms with Crippen LogP contribution in [-0.4, -0.2) is 5.78 Å². The minimum Gasteiger partial charge on any atom is -0.294 e. The summed E-state index contributed by atoms with van der Waals surface area (Å²) >= 11 is 5.65. The number of benzene rings is 2. The maximum atomic E-state index is 13.1. The SMILES string of the molecule is Cc1ccc(F)cc1C(=O)Cc1ccc(F)c(Cl)c1. The van der Waals surface area contributed by atoms with Crippen molar-refractivity contribution in [2.24, 2.45) is 0 Å². The van der Waals surface area contributed by atoms with Crippen molar-refractivity contribution in [2.75, 3.05) is 0 Å². The molecule has 0 spiro atoms. The molecule has 0 aliphatic rings. The van der Waals surface area contributed by atoms with E-state index >= 15 is 0 Å². The van der Waals surface area contributed by atoms with Gasteiger partial charge in [0.1, 0.15) is 11.6 Å². The minimum atomic E-state index is -0.528. The Morgan fingerprint density at radius 3 is 2.58 bits per heavy atom. The Balaban J connectivity index is 2.25. The van der Waals surface area contributed by atoms with E-state index in [4.69, 9.17) is 11.6 Å². The number of rotatable bonds is 3. The number of ketones is 1. The molecule has 0 radical (unpaired) electrons. The summed E-state index contributed by atoms with van der Waals surface area (Å²) in [5, 5.41) is -0.0266. The lowest BCUT2D eigenvalue weighted by atomic mass is 9.99. The van der Waals surface area contributed by atoms with E-state index in [9.17, 15) is 13.6 Å². The van der Waals surface area contributed by atoms with Crippen molar-refractivity contribution in [3.8, 4) is 0 Å². The average Bonchev–Trinajstić information content (AvgIpc) is 2.36. The molecule has 1 nitrogen and oxygen atoms in total. The molecule has 0 fully saturated rings. The predicted octanol–water partition coefficient (Wildman–Crippen LogP) is 4.35. The van der Waals surface area contributed by atoms with Crippen molar-refractivity contribution in [3.63, 3.8) is 0 Å². The first kappa shape index (κ1) is 13.7. The minimum absolute atomic E-state index is 0.0266. The summed E-state index contributed by atoms with van der Waals surface area (Å²) in [6.45, 7) is 1.74. The van der Waals surface area contributed by atoms with Crippen LogP contribution in [0.1, 0.15) is 21.5 Å². The Bertz CT molecular complexity index is 638. The molecule has 2 aromatic carbocycles. The Morgan fingerprint density at radius 1 is 1.16 bits per heavy atom. The van der Waals surface area contributed by atoms with Gasteiger partial charge in [-0.2, -0.15) is 0 Å². The van der Waals surface area contributed by atoms with Crippen LogP contribution in [0.3, 0.4) is 0 Å². The first-order chi connectivity index (χ1) is 8.97. The molecular formula is C15H11ClF2O. The standard InChI is InChI=1S/C15H11ClF2O/c1-9-2-4-11(17)8-12(9)15(19)7-10-3-5-14(18)13(16)6-10/h2-6,8H,7H2,1H3. The zero-order valence-corrected chi connectivity index (χ0v) is 11.0. The van der Waals surface area contributed by atoms with E-state index in [1.807, 2.05) is 0 Å². The van der Waals surface area contributed by atoms with Gasteiger partial charge in [-0.25, -0.2) is 8.78 Å². The van der Waals surface area contributed by atoms with Crippen LogP contribution in [-0.2, 0) is 6.42 Å². The lowest BCUT2D eigenvalue weighted by Gasteiger charge is -2.06. The molecule has 19 heavy (non-hydrogen) atoms. The van der Waals surface area contributed by atoms with Gasteiger partial charge in [0.2, 0.25) is 0 Å². The van der Waals surface area contributed by atoms with E-state index in [1.165, 1.54) is 30.3 Å². The number of hydrogen-bond donors (Lipinski definition) is 0. The van der Waals surface area contributed by atoms with Crippen LogP contribution >= 0.6 is 11.6 Å². The van der Waals surface area contributed by atoms with E-state index in [2.05, 4.69) is 0 Å². The topological polar surface area (TPSA) is 17.1 Å².